The molecule has 0 amide bonds. The first-order valence-corrected chi connectivity index (χ1v) is 17.2. The summed E-state index contributed by atoms with van der Waals surface area (Å²) in [6, 6.07) is 4.80. The third kappa shape index (κ3) is 5.50. The van der Waals surface area contributed by atoms with E-state index in [2.05, 4.69) is 42.3 Å². The number of halogens is 1. The van der Waals surface area contributed by atoms with Gasteiger partial charge in [-0.05, 0) is 0 Å². The average Bonchev–Trinajstić information content (AvgIpc) is 3.12. The fraction of sp³-hybridized carbons (Fsp3) is 0.632. The molecule has 6 heteroatoms. The van der Waals surface area contributed by atoms with Crippen LogP contribution < -0.4 is 3.71 Å². The van der Waals surface area contributed by atoms with Crippen molar-refractivity contribution in [3.8, 4) is 5.82 Å². The molecule has 138 valence electrons. The molecule has 0 aromatic carbocycles. The van der Waals surface area contributed by atoms with E-state index >= 15 is 0 Å². The van der Waals surface area contributed by atoms with E-state index in [0.717, 1.165) is 0 Å². The Morgan fingerprint density at radius 1 is 0.960 bits per heavy atom. The normalized spacial score (nSPS) is 11.8. The van der Waals surface area contributed by atoms with Gasteiger partial charge in [0.25, 0.3) is 0 Å². The molecule has 0 spiro atoms. The minimum absolute atomic E-state index is 0.479. The number of hydrogen-bond donors (Lipinski definition) is 0. The Balaban J connectivity index is 2.34. The molecule has 0 radical (unpaired) electrons. The van der Waals surface area contributed by atoms with Gasteiger partial charge in [0.05, 0.1) is 0 Å². The van der Waals surface area contributed by atoms with Crippen LogP contribution in [-0.4, -0.2) is 38.4 Å². The van der Waals surface area contributed by atoms with Crippen molar-refractivity contribution in [2.45, 2.75) is 72.6 Å². The molecule has 0 saturated heterocycles. The molecule has 0 unspecified atom stereocenters. The molecule has 25 heavy (non-hydrogen) atoms. The topological polar surface area (TPSA) is 43.6 Å². The predicted molar refractivity (Wildman–Crippen MR) is 104 cm³/mol. The van der Waals surface area contributed by atoms with Crippen molar-refractivity contribution in [1.29, 1.82) is 0 Å². The third-order valence-electron chi connectivity index (χ3n) is 5.00. The molecule has 0 fully saturated rings. The second kappa shape index (κ2) is 10.2. The number of nitrogens with zero attached hydrogens (tertiary/aromatic N) is 4. The summed E-state index contributed by atoms with van der Waals surface area (Å²) in [6.45, 7) is 6.80. The molecule has 0 N–H and O–H groups in total. The maximum atomic E-state index is 13.4. The van der Waals surface area contributed by atoms with Gasteiger partial charge in [-0.2, -0.15) is 0 Å². The second-order valence-electron chi connectivity index (χ2n) is 6.96. The van der Waals surface area contributed by atoms with Crippen molar-refractivity contribution in [3.63, 3.8) is 0 Å². The zero-order valence-electron chi connectivity index (χ0n) is 15.8. The molecule has 2 rings (SSSR count). The van der Waals surface area contributed by atoms with E-state index in [0.29, 0.717) is 5.82 Å². The van der Waals surface area contributed by atoms with Crippen molar-refractivity contribution < 1.29 is 4.39 Å². The summed E-state index contributed by atoms with van der Waals surface area (Å²) in [4.78, 5) is 3.94. The Bertz CT molecular complexity index is 622. The van der Waals surface area contributed by atoms with Gasteiger partial charge in [-0.1, -0.05) is 0 Å². The molecular weight excluding hydrogens is 422 g/mol. The number of unbranched alkanes of at least 4 members (excludes halogenated alkanes) is 3. The molecule has 2 aromatic rings. The van der Waals surface area contributed by atoms with Crippen LogP contribution >= 0.6 is 0 Å². The van der Waals surface area contributed by atoms with Crippen molar-refractivity contribution in [2.24, 2.45) is 0 Å². The Kier molecular flexibility index (Phi) is 8.33. The molecule has 4 nitrogen and oxygen atoms in total. The summed E-state index contributed by atoms with van der Waals surface area (Å²) < 4.78 is 20.4. The number of hydrogen-bond acceptors (Lipinski definition) is 3. The maximum absolute atomic E-state index is 13.4. The van der Waals surface area contributed by atoms with Crippen LogP contribution in [0.25, 0.3) is 5.82 Å². The van der Waals surface area contributed by atoms with Crippen LogP contribution in [0.5, 0.6) is 0 Å². The summed E-state index contributed by atoms with van der Waals surface area (Å²) in [5.74, 6) is 0.0349. The van der Waals surface area contributed by atoms with Gasteiger partial charge in [0.2, 0.25) is 0 Å². The van der Waals surface area contributed by atoms with Crippen LogP contribution in [0, 0.1) is 5.95 Å². The summed E-state index contributed by atoms with van der Waals surface area (Å²) in [5, 5.41) is 8.91. The van der Waals surface area contributed by atoms with Crippen molar-refractivity contribution in [2.75, 3.05) is 0 Å². The van der Waals surface area contributed by atoms with E-state index in [9.17, 15) is 4.39 Å². The van der Waals surface area contributed by atoms with Gasteiger partial charge in [-0.25, -0.2) is 0 Å². The fourth-order valence-corrected chi connectivity index (χ4v) is 18.5. The number of pyridine rings is 1. The zero-order valence-corrected chi connectivity index (χ0v) is 18.7. The molecule has 0 bridgehead atoms. The Hall–Kier alpha value is -0.981. The van der Waals surface area contributed by atoms with E-state index < -0.39 is 24.3 Å². The van der Waals surface area contributed by atoms with E-state index in [1.807, 2.05) is 0 Å². The summed E-state index contributed by atoms with van der Waals surface area (Å²) in [6.07, 6.45) is 9.61. The van der Waals surface area contributed by atoms with E-state index in [-0.39, 0.29) is 0 Å². The van der Waals surface area contributed by atoms with Crippen LogP contribution in [-0.2, 0) is 0 Å². The first-order chi connectivity index (χ1) is 12.1. The van der Waals surface area contributed by atoms with E-state index in [4.69, 9.17) is 0 Å². The number of aromatic nitrogens is 4. The van der Waals surface area contributed by atoms with Crippen LogP contribution in [0.2, 0.25) is 13.3 Å². The van der Waals surface area contributed by atoms with Crippen LogP contribution in [0.15, 0.2) is 24.4 Å². The molecule has 0 atom stereocenters. The molecule has 0 aliphatic heterocycles. The molecule has 0 saturated carbocycles. The first-order valence-electron chi connectivity index (χ1n) is 9.71. The van der Waals surface area contributed by atoms with Gasteiger partial charge < -0.3 is 0 Å². The Morgan fingerprint density at radius 3 is 2.08 bits per heavy atom. The van der Waals surface area contributed by atoms with Crippen LogP contribution in [0.4, 0.5) is 4.39 Å². The SMILES string of the molecule is CCC[CH2][Sn]([CH2]CCC)([CH2]CCC)[c]1cn(-c2cccc(F)n2)nn1. The van der Waals surface area contributed by atoms with Gasteiger partial charge >= 0.3 is 155 Å². The third-order valence-corrected chi connectivity index (χ3v) is 20.0. The summed E-state index contributed by atoms with van der Waals surface area (Å²) in [5.41, 5.74) is 0. The predicted octanol–water partition coefficient (Wildman–Crippen LogP) is 4.86. The molecule has 2 aromatic heterocycles. The van der Waals surface area contributed by atoms with Crippen molar-refractivity contribution in [3.05, 3.63) is 30.3 Å². The van der Waals surface area contributed by atoms with Crippen LogP contribution in [0.3, 0.4) is 0 Å². The molecular formula is C19H31FN4Sn. The van der Waals surface area contributed by atoms with E-state index in [1.54, 1.807) is 16.8 Å². The fourth-order valence-electron chi connectivity index (χ4n) is 3.45. The van der Waals surface area contributed by atoms with Crippen LogP contribution in [0.1, 0.15) is 59.3 Å². The molecule has 0 aliphatic carbocycles. The van der Waals surface area contributed by atoms with Gasteiger partial charge in [0.1, 0.15) is 0 Å². The molecule has 2 heterocycles. The van der Waals surface area contributed by atoms with Gasteiger partial charge in [-0.15, -0.1) is 0 Å². The van der Waals surface area contributed by atoms with Gasteiger partial charge in [0.15, 0.2) is 0 Å². The quantitative estimate of drug-likeness (QED) is 0.361. The minimum atomic E-state index is -2.57. The average molecular weight is 453 g/mol. The summed E-state index contributed by atoms with van der Waals surface area (Å²) in [7, 11) is 0. The standard InChI is InChI=1S/C7H4FN4.3C4H9.Sn/c8-6-2-1-3-7(10-6)12-5-4-9-11-12;3*1-3-4-2;/h1-3,5H;3*1,3-4H2,2H3;. The van der Waals surface area contributed by atoms with E-state index in [1.165, 1.54) is 61.6 Å². The van der Waals surface area contributed by atoms with Crippen molar-refractivity contribution >= 4 is 22.1 Å². The Labute approximate surface area is 155 Å². The van der Waals surface area contributed by atoms with Gasteiger partial charge in [-0.3, -0.25) is 0 Å². The Morgan fingerprint density at radius 2 is 1.56 bits per heavy atom. The summed E-state index contributed by atoms with van der Waals surface area (Å²) >= 11 is -2.57. The monoisotopic (exact) mass is 454 g/mol. The number of rotatable bonds is 11. The first kappa shape index (κ1) is 20.3. The van der Waals surface area contributed by atoms with Crippen molar-refractivity contribution in [1.82, 2.24) is 20.0 Å². The molecule has 0 aliphatic rings. The second-order valence-corrected chi connectivity index (χ2v) is 20.0. The van der Waals surface area contributed by atoms with Gasteiger partial charge in [0, 0.05) is 0 Å². The zero-order chi connectivity index (χ0) is 18.1.